The quantitative estimate of drug-likeness (QED) is 0.785. The molecule has 0 atom stereocenters. The normalized spacial score (nSPS) is 12.4. The minimum absolute atomic E-state index is 0.637. The van der Waals surface area contributed by atoms with Gasteiger partial charge in [-0.05, 0) is 25.0 Å². The fraction of sp³-hybridized carbons (Fsp3) is 0.357. The van der Waals surface area contributed by atoms with E-state index >= 15 is 0 Å². The summed E-state index contributed by atoms with van der Waals surface area (Å²) in [5.74, 6) is 0.637. The van der Waals surface area contributed by atoms with Crippen molar-refractivity contribution in [1.82, 2.24) is 4.57 Å². The molecule has 0 saturated carbocycles. The third-order valence-electron chi connectivity index (χ3n) is 2.52. The topological polar surface area (TPSA) is 17.3 Å². The molecule has 0 aliphatic rings. The van der Waals surface area contributed by atoms with Gasteiger partial charge in [0.15, 0.2) is 4.80 Å². The van der Waals surface area contributed by atoms with Crippen LogP contribution in [0.2, 0.25) is 0 Å². The molecule has 0 N–H and O–H groups in total. The van der Waals surface area contributed by atoms with E-state index in [0.29, 0.717) is 5.92 Å². The van der Waals surface area contributed by atoms with E-state index in [0.717, 1.165) is 17.0 Å². The van der Waals surface area contributed by atoms with Crippen molar-refractivity contribution in [3.8, 4) is 0 Å². The van der Waals surface area contributed by atoms with Gasteiger partial charge >= 0.3 is 0 Å². The average molecular weight is 246 g/mol. The van der Waals surface area contributed by atoms with Crippen LogP contribution in [0, 0.1) is 12.8 Å². The molecule has 0 radical (unpaired) electrons. The molecule has 1 aromatic heterocycles. The van der Waals surface area contributed by atoms with Crippen LogP contribution in [0.1, 0.15) is 19.5 Å². The highest BCUT2D eigenvalue weighted by molar-refractivity contribution is 7.07. The summed E-state index contributed by atoms with van der Waals surface area (Å²) in [7, 11) is 0. The molecule has 90 valence electrons. The van der Waals surface area contributed by atoms with Gasteiger partial charge in [-0.3, -0.25) is 0 Å². The van der Waals surface area contributed by atoms with E-state index in [1.165, 1.54) is 5.69 Å². The zero-order valence-corrected chi connectivity index (χ0v) is 11.4. The lowest BCUT2D eigenvalue weighted by Gasteiger charge is -2.08. The van der Waals surface area contributed by atoms with E-state index in [-0.39, 0.29) is 0 Å². The van der Waals surface area contributed by atoms with Crippen molar-refractivity contribution >= 4 is 17.0 Å². The van der Waals surface area contributed by atoms with Crippen molar-refractivity contribution in [2.45, 2.75) is 27.3 Å². The lowest BCUT2D eigenvalue weighted by atomic mass is 10.2. The second-order valence-corrected chi connectivity index (χ2v) is 5.45. The first-order valence-electron chi connectivity index (χ1n) is 5.91. The number of hydrogen-bond donors (Lipinski definition) is 0. The maximum atomic E-state index is 4.70. The molecule has 3 heteroatoms. The molecule has 0 aliphatic heterocycles. The van der Waals surface area contributed by atoms with Crippen molar-refractivity contribution in [2.24, 2.45) is 10.9 Å². The number of nitrogens with zero attached hydrogens (tertiary/aromatic N) is 2. The van der Waals surface area contributed by atoms with Crippen LogP contribution in [-0.4, -0.2) is 4.57 Å². The van der Waals surface area contributed by atoms with E-state index in [1.54, 1.807) is 11.3 Å². The first-order chi connectivity index (χ1) is 8.16. The summed E-state index contributed by atoms with van der Waals surface area (Å²) in [6, 6.07) is 10.1. The minimum atomic E-state index is 0.637. The van der Waals surface area contributed by atoms with Crippen LogP contribution in [0.15, 0.2) is 40.7 Å². The van der Waals surface area contributed by atoms with Crippen LogP contribution in [0.3, 0.4) is 0 Å². The van der Waals surface area contributed by atoms with Gasteiger partial charge in [-0.1, -0.05) is 32.0 Å². The number of thiazole rings is 1. The average Bonchev–Trinajstić information content (AvgIpc) is 2.62. The number of benzene rings is 1. The third kappa shape index (κ3) is 3.07. The molecule has 0 spiro atoms. The largest absolute Gasteiger partial charge is 0.321 e. The minimum Gasteiger partial charge on any atom is -0.321 e. The standard InChI is InChI=1S/C14H18N2S/c1-11(2)9-16-12(3)10-17-14(16)15-13-7-5-4-6-8-13/h4-8,10-11H,9H2,1-3H3. The second kappa shape index (κ2) is 5.32. The monoisotopic (exact) mass is 246 g/mol. The van der Waals surface area contributed by atoms with Gasteiger partial charge in [0.25, 0.3) is 0 Å². The number of aryl methyl sites for hydroxylation is 1. The van der Waals surface area contributed by atoms with Crippen molar-refractivity contribution in [1.29, 1.82) is 0 Å². The van der Waals surface area contributed by atoms with Gasteiger partial charge in [0.2, 0.25) is 0 Å². The predicted octanol–water partition coefficient (Wildman–Crippen LogP) is 3.75. The summed E-state index contributed by atoms with van der Waals surface area (Å²) in [5, 5.41) is 2.17. The van der Waals surface area contributed by atoms with Crippen molar-refractivity contribution in [3.63, 3.8) is 0 Å². The van der Waals surface area contributed by atoms with Crippen molar-refractivity contribution in [3.05, 3.63) is 46.2 Å². The van der Waals surface area contributed by atoms with Crippen LogP contribution in [0.5, 0.6) is 0 Å². The highest BCUT2D eigenvalue weighted by Crippen LogP contribution is 2.10. The molecule has 2 nitrogen and oxygen atoms in total. The lowest BCUT2D eigenvalue weighted by molar-refractivity contribution is 0.506. The number of hydrogen-bond acceptors (Lipinski definition) is 2. The summed E-state index contributed by atoms with van der Waals surface area (Å²) < 4.78 is 2.29. The SMILES string of the molecule is Cc1csc(=Nc2ccccc2)n1CC(C)C. The molecule has 0 fully saturated rings. The number of aromatic nitrogens is 1. The molecule has 2 rings (SSSR count). The molecule has 1 heterocycles. The molecule has 0 amide bonds. The van der Waals surface area contributed by atoms with Gasteiger partial charge in [0, 0.05) is 17.6 Å². The fourth-order valence-electron chi connectivity index (χ4n) is 1.70. The molecule has 0 aliphatic carbocycles. The Balaban J connectivity index is 2.42. The predicted molar refractivity (Wildman–Crippen MR) is 73.5 cm³/mol. The first kappa shape index (κ1) is 12.1. The smallest absolute Gasteiger partial charge is 0.190 e. The number of para-hydroxylation sites is 1. The molecule has 2 aromatic rings. The van der Waals surface area contributed by atoms with E-state index in [1.807, 2.05) is 30.3 Å². The third-order valence-corrected chi connectivity index (χ3v) is 3.50. The Labute approximate surface area is 106 Å². The summed E-state index contributed by atoms with van der Waals surface area (Å²) in [4.78, 5) is 5.78. The van der Waals surface area contributed by atoms with Crippen LogP contribution in [0.25, 0.3) is 0 Å². The van der Waals surface area contributed by atoms with Gasteiger partial charge in [0.1, 0.15) is 0 Å². The van der Waals surface area contributed by atoms with Gasteiger partial charge in [-0.2, -0.15) is 0 Å². The van der Waals surface area contributed by atoms with Gasteiger partial charge in [-0.15, -0.1) is 11.3 Å². The maximum Gasteiger partial charge on any atom is 0.190 e. The second-order valence-electron chi connectivity index (χ2n) is 4.61. The Morgan fingerprint density at radius 3 is 2.59 bits per heavy atom. The molecule has 0 unspecified atom stereocenters. The van der Waals surface area contributed by atoms with Gasteiger partial charge in [0.05, 0.1) is 5.69 Å². The van der Waals surface area contributed by atoms with Crippen LogP contribution < -0.4 is 4.80 Å². The Kier molecular flexibility index (Phi) is 3.79. The number of rotatable bonds is 3. The molecule has 0 saturated heterocycles. The summed E-state index contributed by atoms with van der Waals surface area (Å²) in [6.45, 7) is 7.64. The maximum absolute atomic E-state index is 4.70. The zero-order chi connectivity index (χ0) is 12.3. The van der Waals surface area contributed by atoms with Crippen LogP contribution in [0.4, 0.5) is 5.69 Å². The summed E-state index contributed by atoms with van der Waals surface area (Å²) >= 11 is 1.71. The molecular formula is C14H18N2S. The van der Waals surface area contributed by atoms with Crippen LogP contribution in [-0.2, 0) is 6.54 Å². The zero-order valence-electron chi connectivity index (χ0n) is 10.6. The van der Waals surface area contributed by atoms with Gasteiger partial charge in [-0.25, -0.2) is 4.99 Å². The Hall–Kier alpha value is -1.35. The van der Waals surface area contributed by atoms with Crippen molar-refractivity contribution in [2.75, 3.05) is 0 Å². The highest BCUT2D eigenvalue weighted by Gasteiger charge is 2.03. The Morgan fingerprint density at radius 1 is 1.24 bits per heavy atom. The molecule has 1 aromatic carbocycles. The van der Waals surface area contributed by atoms with E-state index in [2.05, 4.69) is 30.7 Å². The Morgan fingerprint density at radius 2 is 1.94 bits per heavy atom. The molecule has 0 bridgehead atoms. The van der Waals surface area contributed by atoms with Gasteiger partial charge < -0.3 is 4.57 Å². The summed E-state index contributed by atoms with van der Waals surface area (Å²) in [5.41, 5.74) is 2.31. The summed E-state index contributed by atoms with van der Waals surface area (Å²) in [6.07, 6.45) is 0. The first-order valence-corrected chi connectivity index (χ1v) is 6.79. The van der Waals surface area contributed by atoms with Crippen LogP contribution >= 0.6 is 11.3 Å². The molecule has 17 heavy (non-hydrogen) atoms. The lowest BCUT2D eigenvalue weighted by Crippen LogP contribution is -2.18. The van der Waals surface area contributed by atoms with Crippen molar-refractivity contribution < 1.29 is 0 Å². The van der Waals surface area contributed by atoms with E-state index < -0.39 is 0 Å². The molecular weight excluding hydrogens is 228 g/mol. The fourth-order valence-corrected chi connectivity index (χ4v) is 2.61. The highest BCUT2D eigenvalue weighted by atomic mass is 32.1. The van der Waals surface area contributed by atoms with E-state index in [9.17, 15) is 0 Å². The van der Waals surface area contributed by atoms with E-state index in [4.69, 9.17) is 4.99 Å². The Bertz CT molecular complexity index is 535.